The van der Waals surface area contributed by atoms with E-state index in [1.807, 2.05) is 0 Å². The van der Waals surface area contributed by atoms with Crippen molar-refractivity contribution >= 4 is 22.6 Å². The first-order chi connectivity index (χ1) is 19.7. The average molecular weight is 560 g/mol. The zero-order valence-corrected chi connectivity index (χ0v) is 22.3. The first-order valence-electron chi connectivity index (χ1n) is 12.2. The Bertz CT molecular complexity index is 1880. The van der Waals surface area contributed by atoms with Gasteiger partial charge in [0.05, 0.1) is 25.3 Å². The maximum atomic E-state index is 15.1. The number of nitrogens with zero attached hydrogens (tertiary/aromatic N) is 3. The fourth-order valence-electron chi connectivity index (χ4n) is 4.28. The van der Waals surface area contributed by atoms with Crippen molar-refractivity contribution in [3.05, 3.63) is 93.5 Å². The van der Waals surface area contributed by atoms with Gasteiger partial charge in [-0.05, 0) is 49.2 Å². The number of aryl methyl sites for hydroxylation is 2. The Labute approximate surface area is 232 Å². The van der Waals surface area contributed by atoms with Gasteiger partial charge in [-0.3, -0.25) is 19.7 Å². The Hall–Kier alpha value is -5.39. The zero-order chi connectivity index (χ0) is 29.3. The normalized spacial score (nSPS) is 10.9. The molecule has 0 aliphatic heterocycles. The molecule has 12 heteroatoms. The molecule has 0 aliphatic carbocycles. The fourth-order valence-corrected chi connectivity index (χ4v) is 4.28. The largest absolute Gasteiger partial charge is 0.491 e. The molecule has 3 aromatic heterocycles. The molecule has 0 spiro atoms. The summed E-state index contributed by atoms with van der Waals surface area (Å²) in [6.07, 6.45) is 1.48. The molecule has 5 rings (SSSR count). The van der Waals surface area contributed by atoms with E-state index in [1.54, 1.807) is 19.9 Å². The van der Waals surface area contributed by atoms with Gasteiger partial charge in [-0.15, -0.1) is 0 Å². The van der Waals surface area contributed by atoms with E-state index < -0.39 is 28.7 Å². The summed E-state index contributed by atoms with van der Waals surface area (Å²) in [6.45, 7) is 3.28. The van der Waals surface area contributed by atoms with Crippen LogP contribution in [0.25, 0.3) is 22.2 Å². The number of hydrogen-bond acceptors (Lipinski definition) is 8. The molecule has 41 heavy (non-hydrogen) atoms. The second-order valence-corrected chi connectivity index (χ2v) is 8.94. The van der Waals surface area contributed by atoms with E-state index in [0.717, 1.165) is 6.07 Å². The zero-order valence-electron chi connectivity index (χ0n) is 22.3. The second-order valence-electron chi connectivity index (χ2n) is 8.94. The van der Waals surface area contributed by atoms with Crippen LogP contribution in [0, 0.1) is 25.5 Å². The molecule has 0 saturated carbocycles. The molecule has 10 nitrogen and oxygen atoms in total. The molecule has 0 fully saturated rings. The molecule has 0 saturated heterocycles. The van der Waals surface area contributed by atoms with Gasteiger partial charge in [0.2, 0.25) is 5.43 Å². The van der Waals surface area contributed by atoms with Gasteiger partial charge in [0.25, 0.3) is 11.8 Å². The molecule has 2 aromatic carbocycles. The summed E-state index contributed by atoms with van der Waals surface area (Å²) in [5.41, 5.74) is 1.30. The van der Waals surface area contributed by atoms with E-state index in [1.165, 1.54) is 56.8 Å². The van der Waals surface area contributed by atoms with E-state index in [9.17, 15) is 14.0 Å². The SMILES string of the molecule is COc1cc2nccc(Oc3ccc(NC(=O)c4n[nH]c(C)c(-c5ccc(F)cc5C)c4=O)cc3F)c2nc1OC. The fraction of sp³-hybridized carbons (Fsp3) is 0.138. The van der Waals surface area contributed by atoms with Crippen LogP contribution < -0.4 is 25.0 Å². The molecule has 1 amide bonds. The predicted octanol–water partition coefficient (Wildman–Crippen LogP) is 5.34. The number of carbonyl (C=O) groups excluding carboxylic acids is 1. The van der Waals surface area contributed by atoms with Crippen LogP contribution in [0.2, 0.25) is 0 Å². The monoisotopic (exact) mass is 559 g/mol. The van der Waals surface area contributed by atoms with Gasteiger partial charge in [0.1, 0.15) is 11.3 Å². The molecule has 208 valence electrons. The van der Waals surface area contributed by atoms with Gasteiger partial charge in [0.15, 0.2) is 28.8 Å². The number of halogens is 2. The Kier molecular flexibility index (Phi) is 7.30. The van der Waals surface area contributed by atoms with Crippen LogP contribution in [-0.4, -0.2) is 40.3 Å². The Morgan fingerprint density at radius 2 is 1.76 bits per heavy atom. The number of rotatable bonds is 7. The highest BCUT2D eigenvalue weighted by molar-refractivity contribution is 6.03. The van der Waals surface area contributed by atoms with Crippen molar-refractivity contribution in [3.63, 3.8) is 0 Å². The Morgan fingerprint density at radius 3 is 2.46 bits per heavy atom. The summed E-state index contributed by atoms with van der Waals surface area (Å²) >= 11 is 0. The van der Waals surface area contributed by atoms with Gasteiger partial charge in [-0.25, -0.2) is 13.8 Å². The first kappa shape index (κ1) is 27.2. The molecule has 0 aliphatic rings. The number of pyridine rings is 2. The summed E-state index contributed by atoms with van der Waals surface area (Å²) in [5, 5.41) is 9.03. The van der Waals surface area contributed by atoms with Crippen molar-refractivity contribution in [1.82, 2.24) is 20.2 Å². The maximum Gasteiger partial charge on any atom is 0.280 e. The minimum absolute atomic E-state index is 0.0604. The van der Waals surface area contributed by atoms with Crippen LogP contribution >= 0.6 is 0 Å². The van der Waals surface area contributed by atoms with Crippen molar-refractivity contribution in [2.45, 2.75) is 13.8 Å². The molecule has 0 bridgehead atoms. The van der Waals surface area contributed by atoms with Crippen molar-refractivity contribution in [3.8, 4) is 34.3 Å². The van der Waals surface area contributed by atoms with Crippen LogP contribution in [0.3, 0.4) is 0 Å². The third-order valence-corrected chi connectivity index (χ3v) is 6.26. The van der Waals surface area contributed by atoms with E-state index in [4.69, 9.17) is 14.2 Å². The van der Waals surface area contributed by atoms with Gasteiger partial charge in [-0.2, -0.15) is 5.10 Å². The minimum Gasteiger partial charge on any atom is -0.491 e. The lowest BCUT2D eigenvalue weighted by Crippen LogP contribution is -2.26. The molecular formula is C29H23F2N5O5. The summed E-state index contributed by atoms with van der Waals surface area (Å²) in [5.74, 6) is -1.45. The predicted molar refractivity (Wildman–Crippen MR) is 147 cm³/mol. The highest BCUT2D eigenvalue weighted by atomic mass is 19.1. The number of aromatic nitrogens is 4. The van der Waals surface area contributed by atoms with Gasteiger partial charge < -0.3 is 19.5 Å². The summed E-state index contributed by atoms with van der Waals surface area (Å²) in [4.78, 5) is 34.8. The number of ether oxygens (including phenoxy) is 3. The molecule has 5 aromatic rings. The molecule has 2 N–H and O–H groups in total. The lowest BCUT2D eigenvalue weighted by molar-refractivity contribution is 0.102. The van der Waals surface area contributed by atoms with Crippen LogP contribution in [0.1, 0.15) is 21.7 Å². The number of aromatic amines is 1. The number of amides is 1. The maximum absolute atomic E-state index is 15.1. The summed E-state index contributed by atoms with van der Waals surface area (Å²) in [6, 6.07) is 10.9. The topological polar surface area (TPSA) is 128 Å². The molecule has 0 unspecified atom stereocenters. The average Bonchev–Trinajstić information content (AvgIpc) is 2.94. The quantitative estimate of drug-likeness (QED) is 0.274. The summed E-state index contributed by atoms with van der Waals surface area (Å²) in [7, 11) is 2.91. The van der Waals surface area contributed by atoms with Crippen LogP contribution in [-0.2, 0) is 0 Å². The van der Waals surface area contributed by atoms with Crippen LogP contribution in [0.4, 0.5) is 14.5 Å². The highest BCUT2D eigenvalue weighted by Gasteiger charge is 2.21. The molecule has 0 atom stereocenters. The number of hydrogen-bond donors (Lipinski definition) is 2. The number of anilines is 1. The lowest BCUT2D eigenvalue weighted by Gasteiger charge is -2.13. The van der Waals surface area contributed by atoms with Crippen LogP contribution in [0.15, 0.2) is 59.5 Å². The number of fused-ring (bicyclic) bond motifs is 1. The molecular weight excluding hydrogens is 536 g/mol. The third kappa shape index (κ3) is 5.26. The van der Waals surface area contributed by atoms with Gasteiger partial charge >= 0.3 is 0 Å². The van der Waals surface area contributed by atoms with E-state index >= 15 is 4.39 Å². The Balaban J connectivity index is 1.41. The van der Waals surface area contributed by atoms with E-state index in [0.29, 0.717) is 33.6 Å². The standard InChI is InChI=1S/C29H23F2N5O5/c1-14-11-16(30)5-7-18(14)24-15(2)35-36-26(27(24)37)28(38)33-17-6-8-21(19(31)12-17)41-22-9-10-32-20-13-23(39-3)29(40-4)34-25(20)22/h5-13H,1-4H3,(H,33,38)(H,35,37). The Morgan fingerprint density at radius 1 is 0.951 bits per heavy atom. The number of carbonyl (C=O) groups is 1. The van der Waals surface area contributed by atoms with Crippen molar-refractivity contribution in [1.29, 1.82) is 0 Å². The minimum atomic E-state index is -0.856. The highest BCUT2D eigenvalue weighted by Crippen LogP contribution is 2.35. The molecule has 3 heterocycles. The number of nitrogens with one attached hydrogen (secondary N) is 2. The third-order valence-electron chi connectivity index (χ3n) is 6.26. The van der Waals surface area contributed by atoms with Crippen molar-refractivity contribution in [2.24, 2.45) is 0 Å². The van der Waals surface area contributed by atoms with Crippen molar-refractivity contribution in [2.75, 3.05) is 19.5 Å². The van der Waals surface area contributed by atoms with Gasteiger partial charge in [0, 0.05) is 35.8 Å². The van der Waals surface area contributed by atoms with Crippen LogP contribution in [0.5, 0.6) is 23.1 Å². The first-order valence-corrected chi connectivity index (χ1v) is 12.2. The second kappa shape index (κ2) is 11.0. The number of methoxy groups -OCH3 is 2. The summed E-state index contributed by atoms with van der Waals surface area (Å²) < 4.78 is 44.9. The van der Waals surface area contributed by atoms with Gasteiger partial charge in [-0.1, -0.05) is 6.07 Å². The smallest absolute Gasteiger partial charge is 0.280 e. The van der Waals surface area contributed by atoms with E-state index in [2.05, 4.69) is 25.5 Å². The van der Waals surface area contributed by atoms with E-state index in [-0.39, 0.29) is 28.6 Å². The lowest BCUT2D eigenvalue weighted by atomic mass is 9.98. The van der Waals surface area contributed by atoms with Crippen molar-refractivity contribution < 1.29 is 27.8 Å². The molecule has 0 radical (unpaired) electrons. The number of benzene rings is 2. The number of H-pyrrole nitrogens is 1.